The van der Waals surface area contributed by atoms with Gasteiger partial charge in [-0.05, 0) is 38.1 Å². The highest BCUT2D eigenvalue weighted by Crippen LogP contribution is 2.32. The molecule has 0 unspecified atom stereocenters. The molecular weight excluding hydrogens is 212 g/mol. The highest BCUT2D eigenvalue weighted by Gasteiger charge is 2.12. The molecule has 17 heavy (non-hydrogen) atoms. The average Bonchev–Trinajstić information content (AvgIpc) is 2.66. The van der Waals surface area contributed by atoms with Gasteiger partial charge in [0.15, 0.2) is 0 Å². The van der Waals surface area contributed by atoms with Crippen LogP contribution in [-0.2, 0) is 6.42 Å². The summed E-state index contributed by atoms with van der Waals surface area (Å²) in [4.78, 5) is 3.49. The number of benzene rings is 1. The molecule has 0 saturated heterocycles. The minimum absolute atomic E-state index is 0.921. The largest absolute Gasteiger partial charge is 0.495 e. The van der Waals surface area contributed by atoms with Crippen LogP contribution in [0.25, 0.3) is 10.9 Å². The van der Waals surface area contributed by atoms with E-state index in [4.69, 9.17) is 4.74 Å². The lowest BCUT2D eigenvalue weighted by Gasteiger charge is -2.03. The number of aryl methyl sites for hydroxylation is 2. The molecule has 0 spiro atoms. The molecule has 0 aliphatic carbocycles. The van der Waals surface area contributed by atoms with E-state index in [0.29, 0.717) is 0 Å². The zero-order valence-electron chi connectivity index (χ0n) is 11.0. The number of ether oxygens (including phenoxy) is 1. The standard InChI is InChI=1S/C14H20N2O/c1-9-5-6-12(17-4)14-13(9)10(2)11(16-14)7-8-15-3/h5-6,15-16H,7-8H2,1-4H3. The van der Waals surface area contributed by atoms with Crippen molar-refractivity contribution < 1.29 is 4.74 Å². The normalized spacial score (nSPS) is 11.1. The second-order valence-electron chi connectivity index (χ2n) is 4.42. The number of rotatable bonds is 4. The Hall–Kier alpha value is -1.48. The molecule has 0 aliphatic heterocycles. The smallest absolute Gasteiger partial charge is 0.142 e. The van der Waals surface area contributed by atoms with Gasteiger partial charge in [0.05, 0.1) is 12.6 Å². The molecule has 0 saturated carbocycles. The van der Waals surface area contributed by atoms with Gasteiger partial charge in [-0.25, -0.2) is 0 Å². The van der Waals surface area contributed by atoms with Crippen molar-refractivity contribution in [1.29, 1.82) is 0 Å². The van der Waals surface area contributed by atoms with Gasteiger partial charge in [-0.3, -0.25) is 0 Å². The zero-order valence-corrected chi connectivity index (χ0v) is 11.0. The summed E-state index contributed by atoms with van der Waals surface area (Å²) in [5, 5.41) is 4.48. The Labute approximate surface area is 102 Å². The van der Waals surface area contributed by atoms with Gasteiger partial charge in [0, 0.05) is 24.0 Å². The summed E-state index contributed by atoms with van der Waals surface area (Å²) in [6.07, 6.45) is 1.01. The van der Waals surface area contributed by atoms with Crippen molar-refractivity contribution in [3.05, 3.63) is 29.0 Å². The predicted octanol–water partition coefficient (Wildman–Crippen LogP) is 2.56. The number of aromatic nitrogens is 1. The van der Waals surface area contributed by atoms with E-state index in [1.807, 2.05) is 13.1 Å². The molecule has 3 heteroatoms. The van der Waals surface area contributed by atoms with Gasteiger partial charge >= 0.3 is 0 Å². The Bertz CT molecular complexity index is 528. The maximum absolute atomic E-state index is 5.41. The van der Waals surface area contributed by atoms with Crippen LogP contribution in [-0.4, -0.2) is 25.7 Å². The van der Waals surface area contributed by atoms with Crippen molar-refractivity contribution in [3.63, 3.8) is 0 Å². The quantitative estimate of drug-likeness (QED) is 0.850. The van der Waals surface area contributed by atoms with Crippen LogP contribution in [0.1, 0.15) is 16.8 Å². The number of fused-ring (bicyclic) bond motifs is 1. The molecule has 92 valence electrons. The number of hydrogen-bond acceptors (Lipinski definition) is 2. The summed E-state index contributed by atoms with van der Waals surface area (Å²) < 4.78 is 5.41. The van der Waals surface area contributed by atoms with E-state index in [9.17, 15) is 0 Å². The van der Waals surface area contributed by atoms with Crippen LogP contribution in [0.4, 0.5) is 0 Å². The van der Waals surface area contributed by atoms with Crippen LogP contribution >= 0.6 is 0 Å². The minimum atomic E-state index is 0.921. The van der Waals surface area contributed by atoms with Gasteiger partial charge in [0.1, 0.15) is 5.75 Å². The molecule has 1 heterocycles. The number of H-pyrrole nitrogens is 1. The van der Waals surface area contributed by atoms with Gasteiger partial charge in [-0.1, -0.05) is 6.07 Å². The Morgan fingerprint density at radius 3 is 2.71 bits per heavy atom. The molecule has 0 aliphatic rings. The second kappa shape index (κ2) is 4.80. The van der Waals surface area contributed by atoms with E-state index in [2.05, 4.69) is 30.2 Å². The summed E-state index contributed by atoms with van der Waals surface area (Å²) in [5.74, 6) is 0.921. The average molecular weight is 232 g/mol. The van der Waals surface area contributed by atoms with Crippen LogP contribution in [0.2, 0.25) is 0 Å². The molecule has 1 aromatic carbocycles. The minimum Gasteiger partial charge on any atom is -0.495 e. The lowest BCUT2D eigenvalue weighted by molar-refractivity contribution is 0.419. The summed E-state index contributed by atoms with van der Waals surface area (Å²) >= 11 is 0. The van der Waals surface area contributed by atoms with E-state index >= 15 is 0 Å². The van der Waals surface area contributed by atoms with Crippen molar-refractivity contribution in [2.75, 3.05) is 20.7 Å². The van der Waals surface area contributed by atoms with Gasteiger partial charge < -0.3 is 15.0 Å². The van der Waals surface area contributed by atoms with E-state index in [1.165, 1.54) is 22.2 Å². The molecule has 2 N–H and O–H groups in total. The molecule has 0 radical (unpaired) electrons. The SMILES string of the molecule is CNCCc1[nH]c2c(OC)ccc(C)c2c1C. The van der Waals surface area contributed by atoms with Crippen LogP contribution < -0.4 is 10.1 Å². The number of methoxy groups -OCH3 is 1. The first-order chi connectivity index (χ1) is 8.19. The van der Waals surface area contributed by atoms with Crippen molar-refractivity contribution in [2.45, 2.75) is 20.3 Å². The molecule has 2 aromatic rings. The highest BCUT2D eigenvalue weighted by atomic mass is 16.5. The van der Waals surface area contributed by atoms with Gasteiger partial charge in [0.2, 0.25) is 0 Å². The van der Waals surface area contributed by atoms with E-state index in [-0.39, 0.29) is 0 Å². The predicted molar refractivity (Wildman–Crippen MR) is 72.0 cm³/mol. The summed E-state index contributed by atoms with van der Waals surface area (Å²) in [7, 11) is 3.69. The molecule has 2 rings (SSSR count). The van der Waals surface area contributed by atoms with Crippen molar-refractivity contribution in [2.24, 2.45) is 0 Å². The van der Waals surface area contributed by atoms with Crippen molar-refractivity contribution in [1.82, 2.24) is 10.3 Å². The number of hydrogen-bond donors (Lipinski definition) is 2. The third-order valence-corrected chi connectivity index (χ3v) is 3.32. The van der Waals surface area contributed by atoms with Gasteiger partial charge in [-0.2, -0.15) is 0 Å². The lowest BCUT2D eigenvalue weighted by Crippen LogP contribution is -2.10. The second-order valence-corrected chi connectivity index (χ2v) is 4.42. The Morgan fingerprint density at radius 2 is 2.06 bits per heavy atom. The fourth-order valence-corrected chi connectivity index (χ4v) is 2.36. The van der Waals surface area contributed by atoms with Gasteiger partial charge in [-0.15, -0.1) is 0 Å². The van der Waals surface area contributed by atoms with Crippen LogP contribution in [0.3, 0.4) is 0 Å². The topological polar surface area (TPSA) is 37.0 Å². The maximum atomic E-state index is 5.41. The number of nitrogens with one attached hydrogen (secondary N) is 2. The Kier molecular flexibility index (Phi) is 3.38. The fraction of sp³-hybridized carbons (Fsp3) is 0.429. The lowest BCUT2D eigenvalue weighted by atomic mass is 10.1. The zero-order chi connectivity index (χ0) is 12.4. The summed E-state index contributed by atoms with van der Waals surface area (Å²) in [6, 6.07) is 4.14. The summed E-state index contributed by atoms with van der Waals surface area (Å²) in [6.45, 7) is 5.30. The van der Waals surface area contributed by atoms with Gasteiger partial charge in [0.25, 0.3) is 0 Å². The van der Waals surface area contributed by atoms with Crippen molar-refractivity contribution in [3.8, 4) is 5.75 Å². The first-order valence-corrected chi connectivity index (χ1v) is 5.98. The highest BCUT2D eigenvalue weighted by molar-refractivity contribution is 5.92. The molecular formula is C14H20N2O. The summed E-state index contributed by atoms with van der Waals surface area (Å²) in [5.41, 5.74) is 5.05. The molecule has 0 amide bonds. The monoisotopic (exact) mass is 232 g/mol. The van der Waals surface area contributed by atoms with Crippen LogP contribution in [0.15, 0.2) is 12.1 Å². The van der Waals surface area contributed by atoms with Crippen LogP contribution in [0.5, 0.6) is 5.75 Å². The maximum Gasteiger partial charge on any atom is 0.142 e. The third-order valence-electron chi connectivity index (χ3n) is 3.32. The van der Waals surface area contributed by atoms with E-state index < -0.39 is 0 Å². The van der Waals surface area contributed by atoms with Crippen molar-refractivity contribution >= 4 is 10.9 Å². The van der Waals surface area contributed by atoms with E-state index in [1.54, 1.807) is 7.11 Å². The van der Waals surface area contributed by atoms with Crippen LogP contribution in [0, 0.1) is 13.8 Å². The number of aromatic amines is 1. The number of likely N-dealkylation sites (N-methyl/N-ethyl adjacent to an activating group) is 1. The molecule has 3 nitrogen and oxygen atoms in total. The first kappa shape index (κ1) is 12.0. The molecule has 0 atom stereocenters. The Morgan fingerprint density at radius 1 is 1.29 bits per heavy atom. The molecule has 0 fully saturated rings. The Balaban J connectivity index is 2.59. The molecule has 0 bridgehead atoms. The first-order valence-electron chi connectivity index (χ1n) is 5.98. The molecule has 1 aromatic heterocycles. The third kappa shape index (κ3) is 2.03. The van der Waals surface area contributed by atoms with E-state index in [0.717, 1.165) is 24.2 Å². The fourth-order valence-electron chi connectivity index (χ4n) is 2.36.